The van der Waals surface area contributed by atoms with Gasteiger partial charge in [0.15, 0.2) is 0 Å². The van der Waals surface area contributed by atoms with Gasteiger partial charge in [-0.1, -0.05) is 11.6 Å². The molecule has 0 N–H and O–H groups in total. The Morgan fingerprint density at radius 2 is 1.74 bits per heavy atom. The first-order valence-corrected chi connectivity index (χ1v) is 9.77. The van der Waals surface area contributed by atoms with E-state index in [1.165, 1.54) is 27.5 Å². The Morgan fingerprint density at radius 1 is 1.11 bits per heavy atom. The standard InChI is InChI=1S/C16H15ClN4O5S/c17-15-14(2-1-7-18-15)16(22)19-8-10-20(11-9-19)27(25,26)13-5-3-12(4-6-13)21(23)24/h1-7H,8-11H2. The van der Waals surface area contributed by atoms with E-state index in [4.69, 9.17) is 11.6 Å². The first-order valence-electron chi connectivity index (χ1n) is 7.95. The number of benzene rings is 1. The Morgan fingerprint density at radius 3 is 2.30 bits per heavy atom. The second-order valence-electron chi connectivity index (χ2n) is 5.79. The van der Waals surface area contributed by atoms with E-state index < -0.39 is 14.9 Å². The van der Waals surface area contributed by atoms with Crippen molar-refractivity contribution in [3.8, 4) is 0 Å². The third-order valence-corrected chi connectivity index (χ3v) is 6.41. The predicted molar refractivity (Wildman–Crippen MR) is 97.0 cm³/mol. The lowest BCUT2D eigenvalue weighted by Crippen LogP contribution is -2.50. The molecule has 2 heterocycles. The van der Waals surface area contributed by atoms with Crippen LogP contribution in [0.3, 0.4) is 0 Å². The summed E-state index contributed by atoms with van der Waals surface area (Å²) in [6.45, 7) is 0.637. The average Bonchev–Trinajstić information content (AvgIpc) is 2.68. The highest BCUT2D eigenvalue weighted by Gasteiger charge is 2.31. The molecule has 1 aromatic carbocycles. The number of halogens is 1. The van der Waals surface area contributed by atoms with Crippen LogP contribution in [0, 0.1) is 10.1 Å². The van der Waals surface area contributed by atoms with Crippen molar-refractivity contribution in [3.05, 3.63) is 63.4 Å². The molecule has 0 aliphatic carbocycles. The van der Waals surface area contributed by atoms with Gasteiger partial charge in [0.1, 0.15) is 5.15 Å². The average molecular weight is 411 g/mol. The number of nitrogens with zero attached hydrogens (tertiary/aromatic N) is 4. The van der Waals surface area contributed by atoms with Crippen LogP contribution in [-0.4, -0.2) is 59.6 Å². The van der Waals surface area contributed by atoms with E-state index in [-0.39, 0.29) is 53.4 Å². The van der Waals surface area contributed by atoms with E-state index in [2.05, 4.69) is 4.98 Å². The Hall–Kier alpha value is -2.56. The van der Waals surface area contributed by atoms with Gasteiger partial charge in [0.05, 0.1) is 15.4 Å². The van der Waals surface area contributed by atoms with Crippen LogP contribution >= 0.6 is 11.6 Å². The fraction of sp³-hybridized carbons (Fsp3) is 0.250. The molecule has 0 atom stereocenters. The number of piperazine rings is 1. The lowest BCUT2D eigenvalue weighted by atomic mass is 10.2. The van der Waals surface area contributed by atoms with E-state index in [0.29, 0.717) is 0 Å². The minimum absolute atomic E-state index is 0.0248. The number of sulfonamides is 1. The van der Waals surface area contributed by atoms with Gasteiger partial charge in [-0.05, 0) is 24.3 Å². The van der Waals surface area contributed by atoms with Crippen molar-refractivity contribution >= 4 is 33.2 Å². The highest BCUT2D eigenvalue weighted by Crippen LogP contribution is 2.22. The number of carbonyl (C=O) groups excluding carboxylic acids is 1. The van der Waals surface area contributed by atoms with E-state index >= 15 is 0 Å². The zero-order valence-corrected chi connectivity index (χ0v) is 15.6. The Bertz CT molecular complexity index is 973. The summed E-state index contributed by atoms with van der Waals surface area (Å²) in [5, 5.41) is 10.8. The Balaban J connectivity index is 1.70. The number of amides is 1. The number of pyridine rings is 1. The van der Waals surface area contributed by atoms with Crippen molar-refractivity contribution in [3.63, 3.8) is 0 Å². The predicted octanol–water partition coefficient (Wildman–Crippen LogP) is 1.79. The number of carbonyl (C=O) groups is 1. The molecule has 0 saturated carbocycles. The minimum Gasteiger partial charge on any atom is -0.336 e. The minimum atomic E-state index is -3.79. The van der Waals surface area contributed by atoms with Crippen LogP contribution in [-0.2, 0) is 10.0 Å². The summed E-state index contributed by atoms with van der Waals surface area (Å²) in [6, 6.07) is 7.89. The van der Waals surface area contributed by atoms with Crippen molar-refractivity contribution in [1.29, 1.82) is 0 Å². The van der Waals surface area contributed by atoms with Gasteiger partial charge in [-0.15, -0.1) is 0 Å². The molecule has 1 aromatic heterocycles. The van der Waals surface area contributed by atoms with E-state index in [1.54, 1.807) is 12.1 Å². The fourth-order valence-corrected chi connectivity index (χ4v) is 4.36. The van der Waals surface area contributed by atoms with Gasteiger partial charge in [-0.25, -0.2) is 13.4 Å². The molecule has 2 aromatic rings. The maximum atomic E-state index is 12.7. The van der Waals surface area contributed by atoms with Crippen molar-refractivity contribution in [2.75, 3.05) is 26.2 Å². The normalized spacial score (nSPS) is 15.5. The summed E-state index contributed by atoms with van der Waals surface area (Å²) in [6.07, 6.45) is 1.48. The first-order chi connectivity index (χ1) is 12.8. The summed E-state index contributed by atoms with van der Waals surface area (Å²) >= 11 is 5.94. The molecule has 0 spiro atoms. The highest BCUT2D eigenvalue weighted by molar-refractivity contribution is 7.89. The monoisotopic (exact) mass is 410 g/mol. The molecule has 27 heavy (non-hydrogen) atoms. The zero-order chi connectivity index (χ0) is 19.6. The second-order valence-corrected chi connectivity index (χ2v) is 8.09. The van der Waals surface area contributed by atoms with Crippen molar-refractivity contribution < 1.29 is 18.1 Å². The molecule has 1 aliphatic rings. The van der Waals surface area contributed by atoms with Crippen LogP contribution in [0.4, 0.5) is 5.69 Å². The summed E-state index contributed by atoms with van der Waals surface area (Å²) < 4.78 is 26.6. The van der Waals surface area contributed by atoms with Gasteiger partial charge in [0.2, 0.25) is 10.0 Å². The molecule has 1 amide bonds. The molecular weight excluding hydrogens is 396 g/mol. The molecule has 1 fully saturated rings. The van der Waals surface area contributed by atoms with E-state index in [0.717, 1.165) is 12.1 Å². The first kappa shape index (κ1) is 19.2. The largest absolute Gasteiger partial charge is 0.336 e. The molecule has 9 nitrogen and oxygen atoms in total. The van der Waals surface area contributed by atoms with Crippen LogP contribution in [0.15, 0.2) is 47.5 Å². The summed E-state index contributed by atoms with van der Waals surface area (Å²) in [4.78, 5) is 28.0. The molecular formula is C16H15ClN4O5S. The zero-order valence-electron chi connectivity index (χ0n) is 14.0. The summed E-state index contributed by atoms with van der Waals surface area (Å²) in [7, 11) is -3.79. The highest BCUT2D eigenvalue weighted by atomic mass is 35.5. The van der Waals surface area contributed by atoms with Gasteiger partial charge >= 0.3 is 0 Å². The smallest absolute Gasteiger partial charge is 0.269 e. The van der Waals surface area contributed by atoms with Gasteiger partial charge in [0, 0.05) is 44.5 Å². The lowest BCUT2D eigenvalue weighted by molar-refractivity contribution is -0.384. The maximum absolute atomic E-state index is 12.7. The molecule has 1 aliphatic heterocycles. The number of nitro groups is 1. The quantitative estimate of drug-likeness (QED) is 0.431. The van der Waals surface area contributed by atoms with Gasteiger partial charge in [-0.3, -0.25) is 14.9 Å². The van der Waals surface area contributed by atoms with E-state index in [9.17, 15) is 23.3 Å². The molecule has 1 saturated heterocycles. The Kier molecular flexibility index (Phi) is 5.40. The number of hydrogen-bond donors (Lipinski definition) is 0. The van der Waals surface area contributed by atoms with Crippen molar-refractivity contribution in [2.24, 2.45) is 0 Å². The van der Waals surface area contributed by atoms with Gasteiger partial charge in [0.25, 0.3) is 11.6 Å². The third-order valence-electron chi connectivity index (χ3n) is 4.20. The van der Waals surface area contributed by atoms with Crippen LogP contribution in [0.2, 0.25) is 5.15 Å². The second kappa shape index (κ2) is 7.59. The lowest BCUT2D eigenvalue weighted by Gasteiger charge is -2.34. The molecule has 142 valence electrons. The summed E-state index contributed by atoms with van der Waals surface area (Å²) in [5.41, 5.74) is 0.0866. The molecule has 11 heteroatoms. The van der Waals surface area contributed by atoms with Crippen molar-refractivity contribution in [2.45, 2.75) is 4.90 Å². The topological polar surface area (TPSA) is 114 Å². The number of rotatable bonds is 4. The van der Waals surface area contributed by atoms with Crippen LogP contribution in [0.25, 0.3) is 0 Å². The number of aromatic nitrogens is 1. The van der Waals surface area contributed by atoms with Gasteiger partial charge < -0.3 is 4.90 Å². The van der Waals surface area contributed by atoms with Crippen molar-refractivity contribution in [1.82, 2.24) is 14.2 Å². The molecule has 0 radical (unpaired) electrons. The van der Waals surface area contributed by atoms with E-state index in [1.807, 2.05) is 0 Å². The maximum Gasteiger partial charge on any atom is 0.269 e. The Labute approximate surface area is 160 Å². The third kappa shape index (κ3) is 3.92. The fourth-order valence-electron chi connectivity index (χ4n) is 2.74. The van der Waals surface area contributed by atoms with Gasteiger partial charge in [-0.2, -0.15) is 4.31 Å². The van der Waals surface area contributed by atoms with Crippen LogP contribution in [0.1, 0.15) is 10.4 Å². The van der Waals surface area contributed by atoms with Crippen LogP contribution < -0.4 is 0 Å². The number of nitro benzene ring substituents is 1. The number of hydrogen-bond acceptors (Lipinski definition) is 6. The molecule has 0 bridgehead atoms. The molecule has 3 rings (SSSR count). The number of non-ortho nitro benzene ring substituents is 1. The summed E-state index contributed by atoms with van der Waals surface area (Å²) in [5.74, 6) is -0.305. The SMILES string of the molecule is O=C(c1cccnc1Cl)N1CCN(S(=O)(=O)c2ccc([N+](=O)[O-])cc2)CC1. The van der Waals surface area contributed by atoms with Crippen LogP contribution in [0.5, 0.6) is 0 Å². The molecule has 0 unspecified atom stereocenters.